The molecule has 2 heterocycles. The fourth-order valence-corrected chi connectivity index (χ4v) is 3.39. The standard InChI is InChI=1S/C18H25FN4/c1-13-4-3-9-23(12-13)18(20-2)21-8-7-14-11-22-17-10-15(19)5-6-16(14)17/h5-6,10-11,13,22H,3-4,7-9,12H2,1-2H3,(H,20,21). The maximum Gasteiger partial charge on any atom is 0.193 e. The van der Waals surface area contributed by atoms with E-state index in [-0.39, 0.29) is 5.82 Å². The largest absolute Gasteiger partial charge is 0.361 e. The second kappa shape index (κ2) is 7.02. The number of hydrogen-bond donors (Lipinski definition) is 2. The van der Waals surface area contributed by atoms with Crippen LogP contribution in [0.5, 0.6) is 0 Å². The molecule has 1 aliphatic heterocycles. The van der Waals surface area contributed by atoms with E-state index >= 15 is 0 Å². The number of H-pyrrole nitrogens is 1. The monoisotopic (exact) mass is 316 g/mol. The Morgan fingerprint density at radius 3 is 3.13 bits per heavy atom. The molecule has 0 radical (unpaired) electrons. The third kappa shape index (κ3) is 3.66. The van der Waals surface area contributed by atoms with E-state index in [1.54, 1.807) is 6.07 Å². The molecule has 1 saturated heterocycles. The summed E-state index contributed by atoms with van der Waals surface area (Å²) in [6, 6.07) is 4.90. The minimum atomic E-state index is -0.205. The topological polar surface area (TPSA) is 43.4 Å². The van der Waals surface area contributed by atoms with Crippen molar-refractivity contribution >= 4 is 16.9 Å². The summed E-state index contributed by atoms with van der Waals surface area (Å²) >= 11 is 0. The lowest BCUT2D eigenvalue weighted by Gasteiger charge is -2.33. The SMILES string of the molecule is CN=C(NCCc1c[nH]c2cc(F)ccc12)N1CCCC(C)C1. The van der Waals surface area contributed by atoms with Crippen LogP contribution < -0.4 is 5.32 Å². The van der Waals surface area contributed by atoms with Gasteiger partial charge in [0, 0.05) is 43.8 Å². The lowest BCUT2D eigenvalue weighted by atomic mass is 10.0. The number of benzene rings is 1. The van der Waals surface area contributed by atoms with Crippen LogP contribution in [0.3, 0.4) is 0 Å². The number of guanidine groups is 1. The Balaban J connectivity index is 1.59. The lowest BCUT2D eigenvalue weighted by Crippen LogP contribution is -2.46. The van der Waals surface area contributed by atoms with Gasteiger partial charge in [-0.05, 0) is 48.9 Å². The van der Waals surface area contributed by atoms with E-state index in [2.05, 4.69) is 27.1 Å². The van der Waals surface area contributed by atoms with Crippen LogP contribution in [-0.4, -0.2) is 42.5 Å². The number of aromatic amines is 1. The smallest absolute Gasteiger partial charge is 0.193 e. The van der Waals surface area contributed by atoms with Crippen molar-refractivity contribution in [3.63, 3.8) is 0 Å². The maximum atomic E-state index is 13.2. The number of aliphatic imine (C=N–C) groups is 1. The molecule has 1 aromatic heterocycles. The molecule has 1 aromatic carbocycles. The molecule has 124 valence electrons. The number of fused-ring (bicyclic) bond motifs is 1. The molecule has 1 aliphatic rings. The van der Waals surface area contributed by atoms with Gasteiger partial charge >= 0.3 is 0 Å². The molecular formula is C18H25FN4. The van der Waals surface area contributed by atoms with Gasteiger partial charge in [-0.15, -0.1) is 0 Å². The Morgan fingerprint density at radius 2 is 2.35 bits per heavy atom. The highest BCUT2D eigenvalue weighted by Crippen LogP contribution is 2.19. The third-order valence-corrected chi connectivity index (χ3v) is 4.58. The highest BCUT2D eigenvalue weighted by molar-refractivity contribution is 5.83. The van der Waals surface area contributed by atoms with Gasteiger partial charge in [0.05, 0.1) is 0 Å². The highest BCUT2D eigenvalue weighted by Gasteiger charge is 2.18. The Labute approximate surface area is 136 Å². The molecule has 2 aromatic rings. The second-order valence-corrected chi connectivity index (χ2v) is 6.42. The first-order valence-corrected chi connectivity index (χ1v) is 8.38. The molecule has 2 N–H and O–H groups in total. The van der Waals surface area contributed by atoms with Crippen molar-refractivity contribution in [3.8, 4) is 0 Å². The number of piperidine rings is 1. The molecule has 0 amide bonds. The van der Waals surface area contributed by atoms with Crippen molar-refractivity contribution in [1.82, 2.24) is 15.2 Å². The number of likely N-dealkylation sites (tertiary alicyclic amines) is 1. The number of rotatable bonds is 3. The quantitative estimate of drug-likeness (QED) is 0.675. The fourth-order valence-electron chi connectivity index (χ4n) is 3.39. The number of hydrogen-bond acceptors (Lipinski definition) is 1. The molecule has 1 unspecified atom stereocenters. The Kier molecular flexibility index (Phi) is 4.84. The van der Waals surface area contributed by atoms with Crippen LogP contribution >= 0.6 is 0 Å². The van der Waals surface area contributed by atoms with Crippen LogP contribution in [0, 0.1) is 11.7 Å². The van der Waals surface area contributed by atoms with Gasteiger partial charge in [-0.1, -0.05) is 6.92 Å². The van der Waals surface area contributed by atoms with Gasteiger partial charge in [0.25, 0.3) is 0 Å². The molecule has 3 rings (SSSR count). The van der Waals surface area contributed by atoms with Gasteiger partial charge in [0.1, 0.15) is 5.82 Å². The predicted molar refractivity (Wildman–Crippen MR) is 93.3 cm³/mol. The highest BCUT2D eigenvalue weighted by atomic mass is 19.1. The van der Waals surface area contributed by atoms with E-state index < -0.39 is 0 Å². The lowest BCUT2D eigenvalue weighted by molar-refractivity contribution is 0.266. The van der Waals surface area contributed by atoms with Crippen molar-refractivity contribution in [2.45, 2.75) is 26.2 Å². The third-order valence-electron chi connectivity index (χ3n) is 4.58. The molecule has 0 spiro atoms. The van der Waals surface area contributed by atoms with Crippen LogP contribution in [0.25, 0.3) is 10.9 Å². The fraction of sp³-hybridized carbons (Fsp3) is 0.500. The van der Waals surface area contributed by atoms with Crippen LogP contribution in [0.2, 0.25) is 0 Å². The van der Waals surface area contributed by atoms with E-state index in [0.29, 0.717) is 0 Å². The maximum absolute atomic E-state index is 13.2. The molecule has 0 aliphatic carbocycles. The van der Waals surface area contributed by atoms with Crippen LogP contribution in [0.15, 0.2) is 29.4 Å². The summed E-state index contributed by atoms with van der Waals surface area (Å²) < 4.78 is 13.2. The van der Waals surface area contributed by atoms with Crippen molar-refractivity contribution in [3.05, 3.63) is 35.8 Å². The Hall–Kier alpha value is -2.04. The van der Waals surface area contributed by atoms with Crippen molar-refractivity contribution < 1.29 is 4.39 Å². The summed E-state index contributed by atoms with van der Waals surface area (Å²) in [5.41, 5.74) is 2.06. The van der Waals surface area contributed by atoms with Crippen LogP contribution in [0.4, 0.5) is 4.39 Å². The first-order valence-electron chi connectivity index (χ1n) is 8.38. The predicted octanol–water partition coefficient (Wildman–Crippen LogP) is 3.16. The number of nitrogens with one attached hydrogen (secondary N) is 2. The molecule has 23 heavy (non-hydrogen) atoms. The van der Waals surface area contributed by atoms with Gasteiger partial charge in [-0.25, -0.2) is 4.39 Å². The Morgan fingerprint density at radius 1 is 1.48 bits per heavy atom. The van der Waals surface area contributed by atoms with E-state index in [9.17, 15) is 4.39 Å². The molecule has 5 heteroatoms. The van der Waals surface area contributed by atoms with E-state index in [4.69, 9.17) is 0 Å². The summed E-state index contributed by atoms with van der Waals surface area (Å²) in [7, 11) is 1.84. The first-order chi connectivity index (χ1) is 11.2. The second-order valence-electron chi connectivity index (χ2n) is 6.42. The van der Waals surface area contributed by atoms with E-state index in [1.165, 1.54) is 24.5 Å². The molecule has 0 saturated carbocycles. The zero-order valence-corrected chi connectivity index (χ0v) is 13.9. The molecule has 4 nitrogen and oxygen atoms in total. The minimum absolute atomic E-state index is 0.205. The summed E-state index contributed by atoms with van der Waals surface area (Å²) in [6.07, 6.45) is 5.39. The molecular weight excluding hydrogens is 291 g/mol. The average molecular weight is 316 g/mol. The molecule has 1 fully saturated rings. The average Bonchev–Trinajstić information content (AvgIpc) is 2.93. The summed E-state index contributed by atoms with van der Waals surface area (Å²) in [6.45, 7) is 5.27. The number of nitrogens with zero attached hydrogens (tertiary/aromatic N) is 2. The van der Waals surface area contributed by atoms with Crippen molar-refractivity contribution in [1.29, 1.82) is 0 Å². The van der Waals surface area contributed by atoms with E-state index in [0.717, 1.165) is 48.8 Å². The zero-order valence-electron chi connectivity index (χ0n) is 13.9. The van der Waals surface area contributed by atoms with Gasteiger partial charge < -0.3 is 15.2 Å². The molecule has 1 atom stereocenters. The zero-order chi connectivity index (χ0) is 16.2. The van der Waals surface area contributed by atoms with Gasteiger partial charge in [0.15, 0.2) is 5.96 Å². The summed E-state index contributed by atoms with van der Waals surface area (Å²) in [5, 5.41) is 4.55. The van der Waals surface area contributed by atoms with Gasteiger partial charge in [0.2, 0.25) is 0 Å². The summed E-state index contributed by atoms with van der Waals surface area (Å²) in [4.78, 5) is 9.90. The Bertz CT molecular complexity index is 691. The van der Waals surface area contributed by atoms with Gasteiger partial charge in [-0.3, -0.25) is 4.99 Å². The minimum Gasteiger partial charge on any atom is -0.361 e. The summed E-state index contributed by atoms with van der Waals surface area (Å²) in [5.74, 6) is 1.51. The first kappa shape index (κ1) is 15.8. The van der Waals surface area contributed by atoms with Crippen LogP contribution in [-0.2, 0) is 6.42 Å². The number of aromatic nitrogens is 1. The van der Waals surface area contributed by atoms with Crippen molar-refractivity contribution in [2.75, 3.05) is 26.7 Å². The van der Waals surface area contributed by atoms with E-state index in [1.807, 2.05) is 19.3 Å². The van der Waals surface area contributed by atoms with Crippen molar-refractivity contribution in [2.24, 2.45) is 10.9 Å². The molecule has 0 bridgehead atoms. The number of halogens is 1. The van der Waals surface area contributed by atoms with Gasteiger partial charge in [-0.2, -0.15) is 0 Å². The van der Waals surface area contributed by atoms with Crippen LogP contribution in [0.1, 0.15) is 25.3 Å². The normalized spacial score (nSPS) is 19.3.